The molecule has 2 aromatic carbocycles. The number of methoxy groups -OCH3 is 1. The Morgan fingerprint density at radius 2 is 1.82 bits per heavy atom. The summed E-state index contributed by atoms with van der Waals surface area (Å²) in [7, 11) is 1.61. The number of hydrogen-bond acceptors (Lipinski definition) is 6. The third-order valence-corrected chi connectivity index (χ3v) is 3.95. The van der Waals surface area contributed by atoms with Crippen molar-refractivity contribution >= 4 is 29.0 Å². The summed E-state index contributed by atoms with van der Waals surface area (Å²) < 4.78 is 10.6. The molecule has 0 saturated heterocycles. The van der Waals surface area contributed by atoms with Gasteiger partial charge in [-0.1, -0.05) is 17.7 Å². The maximum absolute atomic E-state index is 12.1. The first-order chi connectivity index (χ1) is 13.6. The predicted octanol–water partition coefficient (Wildman–Crippen LogP) is 3.69. The van der Waals surface area contributed by atoms with E-state index in [1.165, 1.54) is 0 Å². The van der Waals surface area contributed by atoms with Crippen molar-refractivity contribution in [1.29, 1.82) is 0 Å². The molecule has 8 heteroatoms. The van der Waals surface area contributed by atoms with Crippen LogP contribution in [-0.2, 0) is 0 Å². The number of nitrogens with zero attached hydrogens (tertiary/aromatic N) is 2. The molecule has 144 valence electrons. The molecule has 0 unspecified atom stereocenters. The molecule has 1 heterocycles. The lowest BCUT2D eigenvalue weighted by molar-refractivity contribution is 0.0941. The maximum atomic E-state index is 12.1. The number of hydrogen-bond donors (Lipinski definition) is 2. The number of nitrogens with one attached hydrogen (secondary N) is 2. The Balaban J connectivity index is 1.45. The first kappa shape index (κ1) is 19.4. The molecule has 0 aliphatic carbocycles. The summed E-state index contributed by atoms with van der Waals surface area (Å²) in [6.45, 7) is 0.676. The summed E-state index contributed by atoms with van der Waals surface area (Å²) in [6.07, 6.45) is 0. The van der Waals surface area contributed by atoms with Gasteiger partial charge in [-0.25, -0.2) is 0 Å². The van der Waals surface area contributed by atoms with E-state index < -0.39 is 0 Å². The highest BCUT2D eigenvalue weighted by Gasteiger charge is 2.08. The van der Waals surface area contributed by atoms with Crippen molar-refractivity contribution in [3.8, 4) is 11.5 Å². The Bertz CT molecular complexity index is 917. The second kappa shape index (κ2) is 9.57. The van der Waals surface area contributed by atoms with Gasteiger partial charge < -0.3 is 20.1 Å². The van der Waals surface area contributed by atoms with E-state index in [2.05, 4.69) is 20.8 Å². The van der Waals surface area contributed by atoms with Gasteiger partial charge in [-0.3, -0.25) is 4.79 Å². The van der Waals surface area contributed by atoms with E-state index in [0.717, 1.165) is 11.4 Å². The van der Waals surface area contributed by atoms with Crippen molar-refractivity contribution in [2.24, 2.45) is 0 Å². The van der Waals surface area contributed by atoms with Crippen molar-refractivity contribution in [3.63, 3.8) is 0 Å². The van der Waals surface area contributed by atoms with Crippen LogP contribution in [0.3, 0.4) is 0 Å². The second-order valence-corrected chi connectivity index (χ2v) is 6.16. The summed E-state index contributed by atoms with van der Waals surface area (Å²) >= 11 is 5.95. The quantitative estimate of drug-likeness (QED) is 0.563. The summed E-state index contributed by atoms with van der Waals surface area (Å²) in [5.41, 5.74) is 1.01. The number of anilines is 2. The number of amides is 1. The molecule has 3 aromatic rings. The topological polar surface area (TPSA) is 85.4 Å². The average molecular weight is 399 g/mol. The third-order valence-electron chi connectivity index (χ3n) is 3.71. The SMILES string of the molecule is COc1ccc(OCCNC(=O)c2ccc(Nc3cccc(Cl)c3)nn2)cc1. The van der Waals surface area contributed by atoms with E-state index in [-0.39, 0.29) is 11.6 Å². The van der Waals surface area contributed by atoms with Crippen LogP contribution in [0.1, 0.15) is 10.5 Å². The summed E-state index contributed by atoms with van der Waals surface area (Å²) in [4.78, 5) is 12.1. The van der Waals surface area contributed by atoms with E-state index in [4.69, 9.17) is 21.1 Å². The molecule has 1 amide bonds. The molecule has 0 atom stereocenters. The van der Waals surface area contributed by atoms with Crippen molar-refractivity contribution in [2.75, 3.05) is 25.6 Å². The Hall–Kier alpha value is -3.32. The predicted molar refractivity (Wildman–Crippen MR) is 108 cm³/mol. The minimum absolute atomic E-state index is 0.223. The second-order valence-electron chi connectivity index (χ2n) is 5.72. The molecule has 0 radical (unpaired) electrons. The maximum Gasteiger partial charge on any atom is 0.271 e. The standard InChI is InChI=1S/C20H19ClN4O3/c1-27-16-5-7-17(8-6-16)28-12-11-22-20(26)18-9-10-19(25-24-18)23-15-4-2-3-14(21)13-15/h2-10,13H,11-12H2,1H3,(H,22,26)(H,23,25). The molecule has 3 rings (SSSR count). The minimum Gasteiger partial charge on any atom is -0.497 e. The molecular weight excluding hydrogens is 380 g/mol. The Labute approximate surface area is 167 Å². The zero-order valence-electron chi connectivity index (χ0n) is 15.2. The van der Waals surface area contributed by atoms with Crippen LogP contribution in [0.4, 0.5) is 11.5 Å². The van der Waals surface area contributed by atoms with E-state index in [1.807, 2.05) is 24.3 Å². The van der Waals surface area contributed by atoms with Crippen LogP contribution in [0, 0.1) is 0 Å². The highest BCUT2D eigenvalue weighted by molar-refractivity contribution is 6.30. The number of aromatic nitrogens is 2. The first-order valence-corrected chi connectivity index (χ1v) is 8.93. The molecule has 0 bridgehead atoms. The zero-order chi connectivity index (χ0) is 19.8. The van der Waals surface area contributed by atoms with Gasteiger partial charge in [0.2, 0.25) is 0 Å². The third kappa shape index (κ3) is 5.59. The highest BCUT2D eigenvalue weighted by atomic mass is 35.5. The molecule has 0 fully saturated rings. The van der Waals surface area contributed by atoms with Crippen LogP contribution in [0.5, 0.6) is 11.5 Å². The van der Waals surface area contributed by atoms with E-state index in [9.17, 15) is 4.79 Å². The van der Waals surface area contributed by atoms with Gasteiger partial charge in [0.1, 0.15) is 18.1 Å². The fraction of sp³-hybridized carbons (Fsp3) is 0.150. The summed E-state index contributed by atoms with van der Waals surface area (Å²) in [5, 5.41) is 14.4. The van der Waals surface area contributed by atoms with Crippen molar-refractivity contribution in [1.82, 2.24) is 15.5 Å². The Kier molecular flexibility index (Phi) is 6.64. The number of carbonyl (C=O) groups excluding carboxylic acids is 1. The number of carbonyl (C=O) groups is 1. The van der Waals surface area contributed by atoms with Gasteiger partial charge in [-0.05, 0) is 54.6 Å². The van der Waals surface area contributed by atoms with Gasteiger partial charge in [0, 0.05) is 10.7 Å². The zero-order valence-corrected chi connectivity index (χ0v) is 15.9. The molecule has 2 N–H and O–H groups in total. The lowest BCUT2D eigenvalue weighted by Crippen LogP contribution is -2.29. The molecule has 28 heavy (non-hydrogen) atoms. The van der Waals surface area contributed by atoms with Crippen LogP contribution < -0.4 is 20.1 Å². The van der Waals surface area contributed by atoms with Crippen LogP contribution in [0.15, 0.2) is 60.7 Å². The lowest BCUT2D eigenvalue weighted by atomic mass is 10.3. The molecular formula is C20H19ClN4O3. The monoisotopic (exact) mass is 398 g/mol. The van der Waals surface area contributed by atoms with Gasteiger partial charge in [0.25, 0.3) is 5.91 Å². The normalized spacial score (nSPS) is 10.2. The van der Waals surface area contributed by atoms with Crippen LogP contribution >= 0.6 is 11.6 Å². The largest absolute Gasteiger partial charge is 0.497 e. The molecule has 0 aliphatic rings. The number of halogens is 1. The number of benzene rings is 2. The van der Waals surface area contributed by atoms with Crippen molar-refractivity contribution in [2.45, 2.75) is 0 Å². The Morgan fingerprint density at radius 3 is 2.50 bits per heavy atom. The molecule has 1 aromatic heterocycles. The van der Waals surface area contributed by atoms with Gasteiger partial charge in [-0.2, -0.15) is 0 Å². The van der Waals surface area contributed by atoms with Gasteiger partial charge in [-0.15, -0.1) is 10.2 Å². The van der Waals surface area contributed by atoms with E-state index in [0.29, 0.717) is 29.7 Å². The number of ether oxygens (including phenoxy) is 2. The van der Waals surface area contributed by atoms with Gasteiger partial charge in [0.05, 0.1) is 13.7 Å². The van der Waals surface area contributed by atoms with Gasteiger partial charge >= 0.3 is 0 Å². The summed E-state index contributed by atoms with van der Waals surface area (Å²) in [5.74, 6) is 1.65. The van der Waals surface area contributed by atoms with Crippen LogP contribution in [-0.4, -0.2) is 36.4 Å². The van der Waals surface area contributed by atoms with Gasteiger partial charge in [0.15, 0.2) is 11.5 Å². The molecule has 7 nitrogen and oxygen atoms in total. The lowest BCUT2D eigenvalue weighted by Gasteiger charge is -2.08. The molecule has 0 spiro atoms. The van der Waals surface area contributed by atoms with Crippen LogP contribution in [0.25, 0.3) is 0 Å². The van der Waals surface area contributed by atoms with Crippen LogP contribution in [0.2, 0.25) is 5.02 Å². The van der Waals surface area contributed by atoms with Crippen molar-refractivity contribution < 1.29 is 14.3 Å². The smallest absolute Gasteiger partial charge is 0.271 e. The fourth-order valence-electron chi connectivity index (χ4n) is 2.33. The molecule has 0 saturated carbocycles. The van der Waals surface area contributed by atoms with E-state index >= 15 is 0 Å². The highest BCUT2D eigenvalue weighted by Crippen LogP contribution is 2.18. The average Bonchev–Trinajstić information content (AvgIpc) is 2.72. The fourth-order valence-corrected chi connectivity index (χ4v) is 2.52. The minimum atomic E-state index is -0.319. The first-order valence-electron chi connectivity index (χ1n) is 8.55. The number of rotatable bonds is 8. The van der Waals surface area contributed by atoms with E-state index in [1.54, 1.807) is 43.5 Å². The Morgan fingerprint density at radius 1 is 1.04 bits per heavy atom. The summed E-state index contributed by atoms with van der Waals surface area (Å²) in [6, 6.07) is 17.7. The molecule has 0 aliphatic heterocycles. The van der Waals surface area contributed by atoms with Crippen molar-refractivity contribution in [3.05, 3.63) is 71.4 Å².